The summed E-state index contributed by atoms with van der Waals surface area (Å²) < 4.78 is 0. The summed E-state index contributed by atoms with van der Waals surface area (Å²) in [6, 6.07) is 4.38. The zero-order chi connectivity index (χ0) is 14.0. The lowest BCUT2D eigenvalue weighted by Crippen LogP contribution is -2.29. The van der Waals surface area contributed by atoms with E-state index in [0.29, 0.717) is 6.42 Å². The highest BCUT2D eigenvalue weighted by molar-refractivity contribution is 7.18. The number of nitrogens with zero attached hydrogens (tertiary/aromatic N) is 4. The quantitative estimate of drug-likeness (QED) is 0.808. The number of hydrogen-bond acceptors (Lipinski definition) is 5. The van der Waals surface area contributed by atoms with Gasteiger partial charge in [0, 0.05) is 18.0 Å². The molecule has 0 saturated carbocycles. The summed E-state index contributed by atoms with van der Waals surface area (Å²) in [5.41, 5.74) is 0. The molecule has 0 N–H and O–H groups in total. The molecule has 0 saturated heterocycles. The minimum absolute atomic E-state index is 0.0872. The molecule has 2 aromatic heterocycles. The van der Waals surface area contributed by atoms with Gasteiger partial charge >= 0.3 is 0 Å². The molecule has 0 amide bonds. The van der Waals surface area contributed by atoms with Crippen LogP contribution in [0, 0.1) is 11.3 Å². The smallest absolute Gasteiger partial charge is 0.225 e. The van der Waals surface area contributed by atoms with Crippen molar-refractivity contribution in [3.8, 4) is 6.07 Å². The fraction of sp³-hybridized carbons (Fsp3) is 0.462. The Morgan fingerprint density at radius 2 is 2.26 bits per heavy atom. The van der Waals surface area contributed by atoms with E-state index >= 15 is 0 Å². The fourth-order valence-corrected chi connectivity index (χ4v) is 3.03. The molecule has 2 rings (SSSR count). The molecule has 0 radical (unpaired) electrons. The number of halogens is 1. The van der Waals surface area contributed by atoms with Crippen LogP contribution in [0.5, 0.6) is 0 Å². The van der Waals surface area contributed by atoms with Gasteiger partial charge in [0.25, 0.3) is 0 Å². The van der Waals surface area contributed by atoms with Gasteiger partial charge in [0.05, 0.1) is 17.9 Å². The molecule has 2 heterocycles. The van der Waals surface area contributed by atoms with Crippen LogP contribution < -0.4 is 4.90 Å². The molecule has 2 aromatic rings. The van der Waals surface area contributed by atoms with E-state index in [-0.39, 0.29) is 11.3 Å². The summed E-state index contributed by atoms with van der Waals surface area (Å²) >= 11 is 7.64. The monoisotopic (exact) mass is 294 g/mol. The predicted molar refractivity (Wildman–Crippen MR) is 79.9 cm³/mol. The van der Waals surface area contributed by atoms with E-state index in [4.69, 9.17) is 16.9 Å². The average molecular weight is 295 g/mol. The Hall–Kier alpha value is -1.38. The Morgan fingerprint density at radius 1 is 1.53 bits per heavy atom. The Labute approximate surface area is 121 Å². The lowest BCUT2D eigenvalue weighted by atomic mass is 10.2. The van der Waals surface area contributed by atoms with Crippen LogP contribution in [0.1, 0.15) is 25.1 Å². The number of nitriles is 1. The summed E-state index contributed by atoms with van der Waals surface area (Å²) in [6.45, 7) is 4.11. The topological polar surface area (TPSA) is 52.8 Å². The van der Waals surface area contributed by atoms with E-state index in [9.17, 15) is 0 Å². The minimum Gasteiger partial charge on any atom is -0.355 e. The van der Waals surface area contributed by atoms with Crippen molar-refractivity contribution in [2.24, 2.45) is 0 Å². The largest absolute Gasteiger partial charge is 0.355 e. The number of anilines is 1. The van der Waals surface area contributed by atoms with Crippen molar-refractivity contribution >= 4 is 39.0 Å². The molecule has 0 aliphatic heterocycles. The first-order chi connectivity index (χ1) is 9.06. The van der Waals surface area contributed by atoms with Gasteiger partial charge in [0.1, 0.15) is 10.6 Å². The zero-order valence-corrected chi connectivity index (χ0v) is 12.7. The number of rotatable bonds is 4. The summed E-state index contributed by atoms with van der Waals surface area (Å²) in [4.78, 5) is 12.8. The van der Waals surface area contributed by atoms with Crippen molar-refractivity contribution in [1.29, 1.82) is 5.26 Å². The lowest BCUT2D eigenvalue weighted by Gasteiger charge is -2.24. The maximum Gasteiger partial charge on any atom is 0.225 e. The third kappa shape index (κ3) is 2.80. The molecular formula is C13H15ClN4S. The van der Waals surface area contributed by atoms with E-state index in [2.05, 4.69) is 29.0 Å². The maximum atomic E-state index is 8.81. The first-order valence-electron chi connectivity index (χ1n) is 6.12. The first-order valence-corrected chi connectivity index (χ1v) is 7.32. The summed E-state index contributed by atoms with van der Waals surface area (Å²) in [6.07, 6.45) is 1.42. The van der Waals surface area contributed by atoms with E-state index in [1.807, 2.05) is 18.9 Å². The molecule has 0 aliphatic carbocycles. The Bertz CT molecular complexity index is 631. The second kappa shape index (κ2) is 5.72. The fourth-order valence-electron chi connectivity index (χ4n) is 1.85. The number of aryl methyl sites for hydroxylation is 1. The second-order valence-corrected chi connectivity index (χ2v) is 5.88. The Morgan fingerprint density at radius 3 is 2.89 bits per heavy atom. The molecule has 19 heavy (non-hydrogen) atoms. The van der Waals surface area contributed by atoms with Crippen LogP contribution >= 0.6 is 22.9 Å². The molecule has 6 heteroatoms. The third-order valence-corrected chi connectivity index (χ3v) is 4.47. The maximum absolute atomic E-state index is 8.81. The summed E-state index contributed by atoms with van der Waals surface area (Å²) in [5.74, 6) is 0.800. The van der Waals surface area contributed by atoms with E-state index < -0.39 is 0 Å². The van der Waals surface area contributed by atoms with Crippen LogP contribution in [0.2, 0.25) is 5.28 Å². The molecule has 1 unspecified atom stereocenters. The first kappa shape index (κ1) is 14.0. The van der Waals surface area contributed by atoms with Gasteiger partial charge in [-0.2, -0.15) is 10.2 Å². The molecule has 0 spiro atoms. The highest BCUT2D eigenvalue weighted by Gasteiger charge is 2.17. The van der Waals surface area contributed by atoms with E-state index in [0.717, 1.165) is 22.5 Å². The Kier molecular flexibility index (Phi) is 4.23. The molecular weight excluding hydrogens is 280 g/mol. The van der Waals surface area contributed by atoms with Crippen LogP contribution in [-0.2, 0) is 6.42 Å². The van der Waals surface area contributed by atoms with Crippen LogP contribution in [-0.4, -0.2) is 23.1 Å². The van der Waals surface area contributed by atoms with Gasteiger partial charge in [0.15, 0.2) is 0 Å². The summed E-state index contributed by atoms with van der Waals surface area (Å²) in [7, 11) is 1.93. The SMILES string of the molecule is CCc1cc2c(N(C)C(C)CC#N)nc(Cl)nc2s1. The highest BCUT2D eigenvalue weighted by atomic mass is 35.5. The highest BCUT2D eigenvalue weighted by Crippen LogP contribution is 2.32. The molecule has 4 nitrogen and oxygen atoms in total. The van der Waals surface area contributed by atoms with Crippen molar-refractivity contribution in [2.75, 3.05) is 11.9 Å². The van der Waals surface area contributed by atoms with E-state index in [1.54, 1.807) is 11.3 Å². The number of aromatic nitrogens is 2. The third-order valence-electron chi connectivity index (χ3n) is 3.13. The van der Waals surface area contributed by atoms with Crippen LogP contribution in [0.25, 0.3) is 10.2 Å². The van der Waals surface area contributed by atoms with Crippen molar-refractivity contribution in [3.63, 3.8) is 0 Å². The van der Waals surface area contributed by atoms with Crippen molar-refractivity contribution < 1.29 is 0 Å². The molecule has 100 valence electrons. The van der Waals surface area contributed by atoms with Gasteiger partial charge in [0.2, 0.25) is 5.28 Å². The van der Waals surface area contributed by atoms with Gasteiger partial charge in [-0.1, -0.05) is 6.92 Å². The summed E-state index contributed by atoms with van der Waals surface area (Å²) in [5, 5.41) is 10.1. The molecule has 0 fully saturated rings. The number of thiophene rings is 1. The predicted octanol–water partition coefficient (Wildman–Crippen LogP) is 3.65. The second-order valence-electron chi connectivity index (χ2n) is 4.42. The zero-order valence-electron chi connectivity index (χ0n) is 11.1. The van der Waals surface area contributed by atoms with Gasteiger partial charge in [-0.15, -0.1) is 11.3 Å². The standard InChI is InChI=1S/C13H15ClN4S/c1-4-9-7-10-11(18(3)8(2)5-6-15)16-13(14)17-12(10)19-9/h7-8H,4-5H2,1-3H3. The molecule has 0 bridgehead atoms. The van der Waals surface area contributed by atoms with Gasteiger partial charge in [-0.3, -0.25) is 0 Å². The van der Waals surface area contributed by atoms with Crippen molar-refractivity contribution in [2.45, 2.75) is 32.7 Å². The minimum atomic E-state index is 0.0872. The lowest BCUT2D eigenvalue weighted by molar-refractivity contribution is 0.696. The normalized spacial score (nSPS) is 12.4. The van der Waals surface area contributed by atoms with Gasteiger partial charge in [-0.25, -0.2) is 4.98 Å². The number of hydrogen-bond donors (Lipinski definition) is 0. The van der Waals surface area contributed by atoms with Crippen LogP contribution in [0.4, 0.5) is 5.82 Å². The van der Waals surface area contributed by atoms with Gasteiger partial charge in [-0.05, 0) is 31.0 Å². The van der Waals surface area contributed by atoms with Crippen molar-refractivity contribution in [3.05, 3.63) is 16.2 Å². The molecule has 0 aliphatic rings. The van der Waals surface area contributed by atoms with E-state index in [1.165, 1.54) is 4.88 Å². The average Bonchev–Trinajstić information content (AvgIpc) is 2.79. The van der Waals surface area contributed by atoms with Crippen molar-refractivity contribution in [1.82, 2.24) is 9.97 Å². The molecule has 0 aromatic carbocycles. The molecule has 1 atom stereocenters. The Balaban J connectivity index is 2.52. The van der Waals surface area contributed by atoms with Crippen LogP contribution in [0.15, 0.2) is 6.07 Å². The number of fused-ring (bicyclic) bond motifs is 1. The van der Waals surface area contributed by atoms with Gasteiger partial charge < -0.3 is 4.90 Å². The van der Waals surface area contributed by atoms with Crippen LogP contribution in [0.3, 0.4) is 0 Å².